The highest BCUT2D eigenvalue weighted by Crippen LogP contribution is 2.23. The van der Waals surface area contributed by atoms with Crippen LogP contribution in [0.1, 0.15) is 31.2 Å². The van der Waals surface area contributed by atoms with Crippen LogP contribution in [-0.2, 0) is 0 Å². The summed E-state index contributed by atoms with van der Waals surface area (Å²) < 4.78 is 1.05. The average molecular weight is 272 g/mol. The minimum absolute atomic E-state index is 0.0537. The largest absolute Gasteiger partial charge is 0.392 e. The molecule has 0 spiro atoms. The number of nitrogens with two attached hydrogens (primary N) is 1. The lowest BCUT2D eigenvalue weighted by Gasteiger charge is -2.21. The fraction of sp³-hybridized carbons (Fsp3) is 0.500. The second-order valence-electron chi connectivity index (χ2n) is 3.75. The van der Waals surface area contributed by atoms with Gasteiger partial charge in [-0.1, -0.05) is 41.4 Å². The fourth-order valence-corrected chi connectivity index (χ4v) is 1.99. The number of hydrogen-bond acceptors (Lipinski definition) is 2. The van der Waals surface area contributed by atoms with Crippen molar-refractivity contribution in [2.45, 2.75) is 31.8 Å². The van der Waals surface area contributed by atoms with E-state index in [0.29, 0.717) is 6.54 Å². The van der Waals surface area contributed by atoms with Gasteiger partial charge in [-0.25, -0.2) is 0 Å². The van der Waals surface area contributed by atoms with Crippen LogP contribution < -0.4 is 5.73 Å². The molecule has 84 valence electrons. The van der Waals surface area contributed by atoms with Gasteiger partial charge in [0.15, 0.2) is 0 Å². The molecule has 0 saturated carbocycles. The smallest absolute Gasteiger partial charge is 0.0620 e. The van der Waals surface area contributed by atoms with E-state index < -0.39 is 0 Å². The first kappa shape index (κ1) is 12.7. The van der Waals surface area contributed by atoms with Gasteiger partial charge in [0.25, 0.3) is 0 Å². The zero-order chi connectivity index (χ0) is 11.3. The van der Waals surface area contributed by atoms with Crippen LogP contribution in [0.4, 0.5) is 0 Å². The fourth-order valence-electron chi connectivity index (χ4n) is 1.72. The Morgan fingerprint density at radius 3 is 2.40 bits per heavy atom. The Bertz CT molecular complexity index is 286. The SMILES string of the molecule is CCCC(O)C(CN)c1ccc(Br)cc1. The van der Waals surface area contributed by atoms with E-state index in [2.05, 4.69) is 22.9 Å². The van der Waals surface area contributed by atoms with Crippen molar-refractivity contribution in [3.63, 3.8) is 0 Å². The van der Waals surface area contributed by atoms with Crippen LogP contribution in [0, 0.1) is 0 Å². The van der Waals surface area contributed by atoms with Crippen LogP contribution in [-0.4, -0.2) is 17.8 Å². The Labute approximate surface area is 99.6 Å². The van der Waals surface area contributed by atoms with Crippen LogP contribution in [0.2, 0.25) is 0 Å². The zero-order valence-electron chi connectivity index (χ0n) is 8.99. The molecule has 2 nitrogen and oxygen atoms in total. The van der Waals surface area contributed by atoms with Gasteiger partial charge in [-0.2, -0.15) is 0 Å². The van der Waals surface area contributed by atoms with E-state index in [1.54, 1.807) is 0 Å². The first-order valence-corrected chi connectivity index (χ1v) is 6.12. The maximum absolute atomic E-state index is 9.94. The highest BCUT2D eigenvalue weighted by atomic mass is 79.9. The lowest BCUT2D eigenvalue weighted by atomic mass is 9.91. The lowest BCUT2D eigenvalue weighted by Crippen LogP contribution is -2.25. The highest BCUT2D eigenvalue weighted by molar-refractivity contribution is 9.10. The summed E-state index contributed by atoms with van der Waals surface area (Å²) >= 11 is 3.39. The molecule has 0 bridgehead atoms. The number of hydrogen-bond donors (Lipinski definition) is 2. The summed E-state index contributed by atoms with van der Waals surface area (Å²) in [7, 11) is 0. The first-order valence-electron chi connectivity index (χ1n) is 5.32. The van der Waals surface area contributed by atoms with Gasteiger partial charge in [-0.05, 0) is 24.1 Å². The molecule has 0 fully saturated rings. The number of benzene rings is 1. The molecule has 0 radical (unpaired) electrons. The zero-order valence-corrected chi connectivity index (χ0v) is 10.6. The van der Waals surface area contributed by atoms with E-state index in [0.717, 1.165) is 22.9 Å². The summed E-state index contributed by atoms with van der Waals surface area (Å²) in [5.41, 5.74) is 6.81. The lowest BCUT2D eigenvalue weighted by molar-refractivity contribution is 0.135. The maximum Gasteiger partial charge on any atom is 0.0620 e. The molecule has 1 rings (SSSR count). The molecule has 1 aromatic carbocycles. The maximum atomic E-state index is 9.94. The molecule has 3 heteroatoms. The average Bonchev–Trinajstić information content (AvgIpc) is 2.22. The number of aliphatic hydroxyl groups excluding tert-OH is 1. The second kappa shape index (κ2) is 6.26. The third-order valence-electron chi connectivity index (χ3n) is 2.60. The van der Waals surface area contributed by atoms with Crippen LogP contribution in [0.5, 0.6) is 0 Å². The summed E-state index contributed by atoms with van der Waals surface area (Å²) in [5.74, 6) is 0.0537. The molecular weight excluding hydrogens is 254 g/mol. The predicted octanol–water partition coefficient (Wildman–Crippen LogP) is 2.65. The monoisotopic (exact) mass is 271 g/mol. The van der Waals surface area contributed by atoms with Gasteiger partial charge in [0, 0.05) is 16.9 Å². The minimum Gasteiger partial charge on any atom is -0.392 e. The second-order valence-corrected chi connectivity index (χ2v) is 4.67. The molecule has 3 N–H and O–H groups in total. The number of aliphatic hydroxyl groups is 1. The molecule has 0 aliphatic rings. The van der Waals surface area contributed by atoms with Gasteiger partial charge in [0.1, 0.15) is 0 Å². The minimum atomic E-state index is -0.332. The Morgan fingerprint density at radius 2 is 1.93 bits per heavy atom. The predicted molar refractivity (Wildman–Crippen MR) is 66.9 cm³/mol. The normalized spacial score (nSPS) is 14.9. The first-order chi connectivity index (χ1) is 7.19. The highest BCUT2D eigenvalue weighted by Gasteiger charge is 2.18. The van der Waals surface area contributed by atoms with Crippen molar-refractivity contribution in [3.05, 3.63) is 34.3 Å². The summed E-state index contributed by atoms with van der Waals surface area (Å²) in [6.45, 7) is 2.56. The summed E-state index contributed by atoms with van der Waals surface area (Å²) in [4.78, 5) is 0. The molecule has 0 aliphatic heterocycles. The van der Waals surface area contributed by atoms with Gasteiger partial charge >= 0.3 is 0 Å². The van der Waals surface area contributed by atoms with Crippen molar-refractivity contribution in [2.24, 2.45) is 5.73 Å². The summed E-state index contributed by atoms with van der Waals surface area (Å²) in [5, 5.41) is 9.94. The van der Waals surface area contributed by atoms with Crippen molar-refractivity contribution < 1.29 is 5.11 Å². The molecule has 2 atom stereocenters. The Balaban J connectivity index is 2.77. The standard InChI is InChI=1S/C12H18BrNO/c1-2-3-12(15)11(8-14)9-4-6-10(13)7-5-9/h4-7,11-12,15H,2-3,8,14H2,1H3. The third-order valence-corrected chi connectivity index (χ3v) is 3.13. The van der Waals surface area contributed by atoms with E-state index in [4.69, 9.17) is 5.73 Å². The molecule has 0 heterocycles. The van der Waals surface area contributed by atoms with E-state index in [-0.39, 0.29) is 12.0 Å². The van der Waals surface area contributed by atoms with E-state index in [9.17, 15) is 5.11 Å². The molecule has 2 unspecified atom stereocenters. The Kier molecular flexibility index (Phi) is 5.29. The Hall–Kier alpha value is -0.380. The van der Waals surface area contributed by atoms with Gasteiger partial charge in [-0.3, -0.25) is 0 Å². The molecule has 0 saturated heterocycles. The van der Waals surface area contributed by atoms with Crippen molar-refractivity contribution in [1.29, 1.82) is 0 Å². The van der Waals surface area contributed by atoms with Crippen LogP contribution in [0.15, 0.2) is 28.7 Å². The van der Waals surface area contributed by atoms with E-state index in [1.165, 1.54) is 0 Å². The van der Waals surface area contributed by atoms with Crippen molar-refractivity contribution in [1.82, 2.24) is 0 Å². The number of halogens is 1. The van der Waals surface area contributed by atoms with Crippen molar-refractivity contribution in [2.75, 3.05) is 6.54 Å². The van der Waals surface area contributed by atoms with Crippen LogP contribution in [0.25, 0.3) is 0 Å². The Morgan fingerprint density at radius 1 is 1.33 bits per heavy atom. The van der Waals surface area contributed by atoms with Gasteiger partial charge in [-0.15, -0.1) is 0 Å². The van der Waals surface area contributed by atoms with E-state index in [1.807, 2.05) is 24.3 Å². The third kappa shape index (κ3) is 3.59. The molecule has 0 aromatic heterocycles. The molecular formula is C12H18BrNO. The van der Waals surface area contributed by atoms with Gasteiger partial charge in [0.2, 0.25) is 0 Å². The molecule has 0 amide bonds. The topological polar surface area (TPSA) is 46.2 Å². The molecule has 1 aromatic rings. The summed E-state index contributed by atoms with van der Waals surface area (Å²) in [6.07, 6.45) is 1.45. The van der Waals surface area contributed by atoms with Gasteiger partial charge < -0.3 is 10.8 Å². The van der Waals surface area contributed by atoms with Crippen molar-refractivity contribution >= 4 is 15.9 Å². The quantitative estimate of drug-likeness (QED) is 0.865. The molecule has 15 heavy (non-hydrogen) atoms. The van der Waals surface area contributed by atoms with E-state index >= 15 is 0 Å². The number of rotatable bonds is 5. The summed E-state index contributed by atoms with van der Waals surface area (Å²) in [6, 6.07) is 7.99. The van der Waals surface area contributed by atoms with Crippen molar-refractivity contribution in [3.8, 4) is 0 Å². The molecule has 0 aliphatic carbocycles. The van der Waals surface area contributed by atoms with Crippen LogP contribution in [0.3, 0.4) is 0 Å². The van der Waals surface area contributed by atoms with Gasteiger partial charge in [0.05, 0.1) is 6.10 Å². The van der Waals surface area contributed by atoms with Crippen LogP contribution >= 0.6 is 15.9 Å².